The quantitative estimate of drug-likeness (QED) is 0.342. The molecule has 0 aliphatic rings. The Kier molecular flexibility index (Phi) is 7.67. The van der Waals surface area contributed by atoms with E-state index >= 15 is 0 Å². The molecule has 0 amide bonds. The normalized spacial score (nSPS) is 11.0. The van der Waals surface area contributed by atoms with Crippen molar-refractivity contribution in [2.45, 2.75) is 39.3 Å². The second kappa shape index (κ2) is 9.98. The molecule has 2 aromatic carbocycles. The van der Waals surface area contributed by atoms with Crippen molar-refractivity contribution in [2.24, 2.45) is 0 Å². The predicted octanol–water partition coefficient (Wildman–Crippen LogP) is 4.75. The molecule has 0 unspecified atom stereocenters. The summed E-state index contributed by atoms with van der Waals surface area (Å²) in [7, 11) is 1.71. The van der Waals surface area contributed by atoms with Gasteiger partial charge < -0.3 is 9.30 Å². The minimum atomic E-state index is -0.287. The van der Waals surface area contributed by atoms with Crippen molar-refractivity contribution in [3.63, 3.8) is 0 Å². The molecule has 0 N–H and O–H groups in total. The maximum atomic E-state index is 10.7. The first-order valence-corrected chi connectivity index (χ1v) is 9.51. The summed E-state index contributed by atoms with van der Waals surface area (Å²) >= 11 is 0. The average molecular weight is 396 g/mol. The van der Waals surface area contributed by atoms with Crippen LogP contribution in [0.5, 0.6) is 0 Å². The third kappa shape index (κ3) is 6.84. The van der Waals surface area contributed by atoms with Gasteiger partial charge >= 0.3 is 0 Å². The first-order valence-electron chi connectivity index (χ1n) is 9.51. The SMILES string of the molecule is COC(C)(C)C.O=Cc1ccc(Cn2cc(CC[N+](=O)[O-])c3ccccc32)cc1. The highest BCUT2D eigenvalue weighted by Crippen LogP contribution is 2.23. The number of carbonyl (C=O) groups excluding carboxylic acids is 1. The summed E-state index contributed by atoms with van der Waals surface area (Å²) in [4.78, 5) is 21.1. The molecule has 154 valence electrons. The fourth-order valence-electron chi connectivity index (χ4n) is 2.76. The van der Waals surface area contributed by atoms with Gasteiger partial charge in [0.25, 0.3) is 0 Å². The Balaban J connectivity index is 0.000000438. The van der Waals surface area contributed by atoms with E-state index in [1.54, 1.807) is 19.2 Å². The lowest BCUT2D eigenvalue weighted by Gasteiger charge is -2.14. The number of fused-ring (bicyclic) bond motifs is 1. The number of nitro groups is 1. The molecule has 0 saturated carbocycles. The highest BCUT2D eigenvalue weighted by Gasteiger charge is 2.10. The van der Waals surface area contributed by atoms with Crippen LogP contribution in [0.1, 0.15) is 42.3 Å². The van der Waals surface area contributed by atoms with Crippen LogP contribution in [0.3, 0.4) is 0 Å². The second-order valence-electron chi connectivity index (χ2n) is 7.78. The lowest BCUT2D eigenvalue weighted by molar-refractivity contribution is -0.479. The third-order valence-corrected chi connectivity index (χ3v) is 4.52. The highest BCUT2D eigenvalue weighted by molar-refractivity contribution is 5.84. The van der Waals surface area contributed by atoms with Gasteiger partial charge in [-0.1, -0.05) is 42.5 Å². The summed E-state index contributed by atoms with van der Waals surface area (Å²) in [6, 6.07) is 15.4. The number of hydrogen-bond donors (Lipinski definition) is 0. The second-order valence-corrected chi connectivity index (χ2v) is 7.78. The molecule has 1 heterocycles. The number of hydrogen-bond acceptors (Lipinski definition) is 4. The molecule has 3 rings (SSSR count). The fourth-order valence-corrected chi connectivity index (χ4v) is 2.76. The molecule has 3 aromatic rings. The standard InChI is InChI=1S/C18H16N2O3.C5H12O/c21-13-15-7-5-14(6-8-15)11-19-12-16(9-10-20(22)23)17-3-1-2-4-18(17)19;1-5(2,3)6-4/h1-8,12-13H,9-11H2;1-4H3. The average Bonchev–Trinajstić information content (AvgIpc) is 3.04. The number of aldehydes is 1. The Bertz CT molecular complexity index is 953. The molecule has 0 radical (unpaired) electrons. The van der Waals surface area contributed by atoms with Gasteiger partial charge in [-0.05, 0) is 38.0 Å². The predicted molar refractivity (Wildman–Crippen MR) is 115 cm³/mol. The van der Waals surface area contributed by atoms with Gasteiger partial charge in [0.1, 0.15) is 6.29 Å². The number of rotatable bonds is 6. The van der Waals surface area contributed by atoms with E-state index in [2.05, 4.69) is 4.57 Å². The smallest absolute Gasteiger partial charge is 0.207 e. The van der Waals surface area contributed by atoms with E-state index in [-0.39, 0.29) is 17.1 Å². The summed E-state index contributed by atoms with van der Waals surface area (Å²) in [6.07, 6.45) is 3.23. The van der Waals surface area contributed by atoms with E-state index in [9.17, 15) is 14.9 Å². The molecule has 0 aliphatic carbocycles. The molecule has 6 nitrogen and oxygen atoms in total. The Morgan fingerprint density at radius 2 is 1.72 bits per heavy atom. The topological polar surface area (TPSA) is 74.4 Å². The Morgan fingerprint density at radius 3 is 2.28 bits per heavy atom. The monoisotopic (exact) mass is 396 g/mol. The summed E-state index contributed by atoms with van der Waals surface area (Å²) in [5.74, 6) is 0. The zero-order valence-corrected chi connectivity index (χ0v) is 17.4. The minimum absolute atomic E-state index is 0.0417. The van der Waals surface area contributed by atoms with Crippen molar-refractivity contribution in [1.29, 1.82) is 0 Å². The van der Waals surface area contributed by atoms with E-state index in [1.165, 1.54) is 0 Å². The molecular formula is C23H28N2O4. The molecule has 0 spiro atoms. The van der Waals surface area contributed by atoms with Crippen LogP contribution in [0.2, 0.25) is 0 Å². The van der Waals surface area contributed by atoms with E-state index < -0.39 is 0 Å². The number of aromatic nitrogens is 1. The van der Waals surface area contributed by atoms with E-state index in [1.807, 2.05) is 63.4 Å². The molecule has 29 heavy (non-hydrogen) atoms. The van der Waals surface area contributed by atoms with Crippen LogP contribution in [0.25, 0.3) is 10.9 Å². The summed E-state index contributed by atoms with van der Waals surface area (Å²) in [6.45, 7) is 6.66. The third-order valence-electron chi connectivity index (χ3n) is 4.52. The number of methoxy groups -OCH3 is 1. The Morgan fingerprint density at radius 1 is 1.10 bits per heavy atom. The van der Waals surface area contributed by atoms with E-state index in [0.29, 0.717) is 18.5 Å². The van der Waals surface area contributed by atoms with Crippen LogP contribution < -0.4 is 0 Å². The molecular weight excluding hydrogens is 368 g/mol. The largest absolute Gasteiger partial charge is 0.379 e. The molecule has 1 aromatic heterocycles. The lowest BCUT2D eigenvalue weighted by Crippen LogP contribution is -2.15. The zero-order valence-electron chi connectivity index (χ0n) is 17.4. The van der Waals surface area contributed by atoms with Crippen LogP contribution in [0.4, 0.5) is 0 Å². The minimum Gasteiger partial charge on any atom is -0.379 e. The van der Waals surface area contributed by atoms with Gasteiger partial charge in [0, 0.05) is 47.7 Å². The van der Waals surface area contributed by atoms with Gasteiger partial charge in [0.2, 0.25) is 6.54 Å². The van der Waals surface area contributed by atoms with Gasteiger partial charge in [0.15, 0.2) is 0 Å². The highest BCUT2D eigenvalue weighted by atomic mass is 16.6. The molecule has 0 fully saturated rings. The van der Waals surface area contributed by atoms with Crippen LogP contribution >= 0.6 is 0 Å². The van der Waals surface area contributed by atoms with Gasteiger partial charge in [0.05, 0.1) is 5.60 Å². The fraction of sp³-hybridized carbons (Fsp3) is 0.348. The lowest BCUT2D eigenvalue weighted by atomic mass is 10.1. The van der Waals surface area contributed by atoms with Crippen LogP contribution in [-0.2, 0) is 17.7 Å². The molecule has 0 atom stereocenters. The van der Waals surface area contributed by atoms with Crippen LogP contribution in [-0.4, -0.2) is 35.0 Å². The number of benzene rings is 2. The maximum Gasteiger partial charge on any atom is 0.207 e. The molecule has 0 aliphatic heterocycles. The Hall–Kier alpha value is -2.99. The summed E-state index contributed by atoms with van der Waals surface area (Å²) in [5, 5.41) is 11.7. The van der Waals surface area contributed by atoms with Gasteiger partial charge in [-0.2, -0.15) is 0 Å². The van der Waals surface area contributed by atoms with Gasteiger partial charge in [-0.15, -0.1) is 0 Å². The van der Waals surface area contributed by atoms with E-state index in [0.717, 1.165) is 28.3 Å². The van der Waals surface area contributed by atoms with Crippen molar-refractivity contribution in [3.8, 4) is 0 Å². The van der Waals surface area contributed by atoms with Crippen molar-refractivity contribution in [3.05, 3.63) is 81.5 Å². The molecule has 0 bridgehead atoms. The molecule has 0 saturated heterocycles. The summed E-state index contributed by atoms with van der Waals surface area (Å²) < 4.78 is 7.04. The first-order chi connectivity index (χ1) is 13.7. The number of nitrogens with zero attached hydrogens (tertiary/aromatic N) is 2. The van der Waals surface area contributed by atoms with Crippen molar-refractivity contribution < 1.29 is 14.5 Å². The summed E-state index contributed by atoms with van der Waals surface area (Å²) in [5.41, 5.74) is 3.82. The Labute approximate surface area is 171 Å². The number of ether oxygens (including phenoxy) is 1. The van der Waals surface area contributed by atoms with Gasteiger partial charge in [-0.3, -0.25) is 14.9 Å². The van der Waals surface area contributed by atoms with Crippen molar-refractivity contribution in [2.75, 3.05) is 13.7 Å². The zero-order chi connectivity index (χ0) is 21.4. The number of para-hydroxylation sites is 1. The number of carbonyl (C=O) groups is 1. The van der Waals surface area contributed by atoms with Crippen molar-refractivity contribution in [1.82, 2.24) is 4.57 Å². The van der Waals surface area contributed by atoms with Crippen LogP contribution in [0, 0.1) is 10.1 Å². The maximum absolute atomic E-state index is 10.7. The van der Waals surface area contributed by atoms with Gasteiger partial charge in [-0.25, -0.2) is 0 Å². The van der Waals surface area contributed by atoms with Crippen molar-refractivity contribution >= 4 is 17.2 Å². The van der Waals surface area contributed by atoms with E-state index in [4.69, 9.17) is 4.74 Å². The first kappa shape index (κ1) is 22.3. The van der Waals surface area contributed by atoms with Crippen LogP contribution in [0.15, 0.2) is 54.7 Å². The molecule has 6 heteroatoms.